The summed E-state index contributed by atoms with van der Waals surface area (Å²) in [5, 5.41) is 3.13. The average Bonchev–Trinajstić information content (AvgIpc) is 2.67. The molecule has 1 aromatic carbocycles. The number of piperazine rings is 1. The standard InChI is InChI=1S/C19H30F2N4O3S.HI/c1-15(2)28-12-13-29(26,27)25-10-8-24(9-11-25)19(22-3)23-7-6-16-14-17(20)4-5-18(16)21;/h4-5,14-15H,6-13H2,1-3H3,(H,22,23);1H. The molecule has 0 bridgehead atoms. The molecule has 0 atom stereocenters. The van der Waals surface area contributed by atoms with E-state index in [1.165, 1.54) is 10.4 Å². The highest BCUT2D eigenvalue weighted by atomic mass is 127. The predicted molar refractivity (Wildman–Crippen MR) is 125 cm³/mol. The van der Waals surface area contributed by atoms with Crippen molar-refractivity contribution in [2.24, 2.45) is 4.99 Å². The number of nitrogens with zero attached hydrogens (tertiary/aromatic N) is 3. The molecule has 30 heavy (non-hydrogen) atoms. The van der Waals surface area contributed by atoms with Gasteiger partial charge in [0.05, 0.1) is 18.5 Å². The lowest BCUT2D eigenvalue weighted by molar-refractivity contribution is 0.0904. The Morgan fingerprint density at radius 2 is 1.90 bits per heavy atom. The van der Waals surface area contributed by atoms with E-state index < -0.39 is 21.7 Å². The zero-order valence-electron chi connectivity index (χ0n) is 17.6. The van der Waals surface area contributed by atoms with E-state index in [4.69, 9.17) is 4.74 Å². The van der Waals surface area contributed by atoms with Crippen molar-refractivity contribution in [3.63, 3.8) is 0 Å². The minimum absolute atomic E-state index is 0. The maximum absolute atomic E-state index is 13.7. The summed E-state index contributed by atoms with van der Waals surface area (Å²) in [6.45, 7) is 6.03. The first-order valence-corrected chi connectivity index (χ1v) is 11.3. The van der Waals surface area contributed by atoms with Gasteiger partial charge in [-0.15, -0.1) is 24.0 Å². The minimum Gasteiger partial charge on any atom is -0.378 e. The molecule has 172 valence electrons. The third kappa shape index (κ3) is 8.23. The fourth-order valence-corrected chi connectivity index (χ4v) is 4.36. The van der Waals surface area contributed by atoms with Gasteiger partial charge in [0.1, 0.15) is 11.6 Å². The molecule has 0 saturated carbocycles. The molecule has 1 aliphatic rings. The maximum atomic E-state index is 13.7. The van der Waals surface area contributed by atoms with Crippen molar-refractivity contribution < 1.29 is 21.9 Å². The lowest BCUT2D eigenvalue weighted by Gasteiger charge is -2.35. The number of halogens is 3. The van der Waals surface area contributed by atoms with Gasteiger partial charge in [-0.1, -0.05) is 0 Å². The molecule has 7 nitrogen and oxygen atoms in total. The molecule has 0 radical (unpaired) electrons. The van der Waals surface area contributed by atoms with Crippen LogP contribution < -0.4 is 5.32 Å². The number of hydrogen-bond acceptors (Lipinski definition) is 4. The molecular weight excluding hydrogens is 529 g/mol. The van der Waals surface area contributed by atoms with Crippen molar-refractivity contribution in [1.29, 1.82) is 0 Å². The van der Waals surface area contributed by atoms with Crippen LogP contribution in [0.3, 0.4) is 0 Å². The highest BCUT2D eigenvalue weighted by molar-refractivity contribution is 14.0. The van der Waals surface area contributed by atoms with E-state index in [9.17, 15) is 17.2 Å². The predicted octanol–water partition coefficient (Wildman–Crippen LogP) is 2.07. The fourth-order valence-electron chi connectivity index (χ4n) is 3.07. The number of rotatable bonds is 8. The molecule has 11 heteroatoms. The Hall–Kier alpha value is -1.05. The summed E-state index contributed by atoms with van der Waals surface area (Å²) in [6.07, 6.45) is 0.310. The summed E-state index contributed by atoms with van der Waals surface area (Å²) in [7, 11) is -1.72. The molecule has 1 N–H and O–H groups in total. The lowest BCUT2D eigenvalue weighted by Crippen LogP contribution is -2.54. The number of benzene rings is 1. The van der Waals surface area contributed by atoms with Crippen molar-refractivity contribution in [1.82, 2.24) is 14.5 Å². The zero-order chi connectivity index (χ0) is 21.4. The molecule has 2 rings (SSSR count). The third-order valence-electron chi connectivity index (χ3n) is 4.62. The second kappa shape index (κ2) is 12.7. The van der Waals surface area contributed by atoms with Gasteiger partial charge in [0.2, 0.25) is 10.0 Å². The van der Waals surface area contributed by atoms with Crippen molar-refractivity contribution in [3.05, 3.63) is 35.4 Å². The van der Waals surface area contributed by atoms with Crippen molar-refractivity contribution in [2.45, 2.75) is 26.4 Å². The summed E-state index contributed by atoms with van der Waals surface area (Å²) in [6, 6.07) is 3.39. The topological polar surface area (TPSA) is 74.2 Å². The van der Waals surface area contributed by atoms with Gasteiger partial charge < -0.3 is 15.0 Å². The first kappa shape index (κ1) is 27.0. The van der Waals surface area contributed by atoms with Gasteiger partial charge in [-0.25, -0.2) is 17.2 Å². The van der Waals surface area contributed by atoms with Crippen molar-refractivity contribution in [3.8, 4) is 0 Å². The monoisotopic (exact) mass is 560 g/mol. The van der Waals surface area contributed by atoms with Gasteiger partial charge in [0, 0.05) is 39.8 Å². The van der Waals surface area contributed by atoms with E-state index >= 15 is 0 Å². The fraction of sp³-hybridized carbons (Fsp3) is 0.632. The van der Waals surface area contributed by atoms with E-state index in [0.717, 1.165) is 12.1 Å². The second-order valence-electron chi connectivity index (χ2n) is 7.08. The summed E-state index contributed by atoms with van der Waals surface area (Å²) in [4.78, 5) is 6.17. The number of guanidine groups is 1. The van der Waals surface area contributed by atoms with Crippen molar-refractivity contribution in [2.75, 3.05) is 52.1 Å². The van der Waals surface area contributed by atoms with Crippen LogP contribution in [0.2, 0.25) is 0 Å². The van der Waals surface area contributed by atoms with Crippen LogP contribution in [0.1, 0.15) is 19.4 Å². The van der Waals surface area contributed by atoms with Crippen LogP contribution in [-0.2, 0) is 21.2 Å². The first-order valence-electron chi connectivity index (χ1n) is 9.72. The summed E-state index contributed by atoms with van der Waals surface area (Å²) in [5.41, 5.74) is 0.299. The van der Waals surface area contributed by atoms with E-state index in [0.29, 0.717) is 50.7 Å². The van der Waals surface area contributed by atoms with Gasteiger partial charge in [0.25, 0.3) is 0 Å². The van der Waals surface area contributed by atoms with E-state index in [1.807, 2.05) is 18.7 Å². The third-order valence-corrected chi connectivity index (χ3v) is 6.46. The van der Waals surface area contributed by atoms with Gasteiger partial charge in [-0.05, 0) is 44.0 Å². The van der Waals surface area contributed by atoms with Crippen LogP contribution in [0.25, 0.3) is 0 Å². The van der Waals surface area contributed by atoms with E-state index in [-0.39, 0.29) is 42.4 Å². The molecule has 1 aliphatic heterocycles. The number of ether oxygens (including phenoxy) is 1. The van der Waals surface area contributed by atoms with Crippen LogP contribution in [0.4, 0.5) is 8.78 Å². The Labute approximate surface area is 194 Å². The van der Waals surface area contributed by atoms with Gasteiger partial charge in [0.15, 0.2) is 5.96 Å². The van der Waals surface area contributed by atoms with E-state index in [1.54, 1.807) is 7.05 Å². The van der Waals surface area contributed by atoms with Crippen LogP contribution in [0.5, 0.6) is 0 Å². The van der Waals surface area contributed by atoms with Crippen LogP contribution >= 0.6 is 24.0 Å². The van der Waals surface area contributed by atoms with Gasteiger partial charge in [-0.3, -0.25) is 4.99 Å². The number of nitrogens with one attached hydrogen (secondary N) is 1. The first-order chi connectivity index (χ1) is 13.7. The maximum Gasteiger partial charge on any atom is 0.216 e. The average molecular weight is 560 g/mol. The Morgan fingerprint density at radius 1 is 1.23 bits per heavy atom. The van der Waals surface area contributed by atoms with Crippen molar-refractivity contribution >= 4 is 40.0 Å². The van der Waals surface area contributed by atoms with Gasteiger partial charge >= 0.3 is 0 Å². The number of sulfonamides is 1. The summed E-state index contributed by atoms with van der Waals surface area (Å²) < 4.78 is 58.6. The Bertz CT molecular complexity index is 801. The van der Waals surface area contributed by atoms with Crippen LogP contribution in [0.15, 0.2) is 23.2 Å². The Morgan fingerprint density at radius 3 is 2.50 bits per heavy atom. The molecule has 0 aromatic heterocycles. The highest BCUT2D eigenvalue weighted by Gasteiger charge is 2.28. The molecule has 0 spiro atoms. The second-order valence-corrected chi connectivity index (χ2v) is 9.17. The number of aliphatic imine (C=N–C) groups is 1. The zero-order valence-corrected chi connectivity index (χ0v) is 20.8. The lowest BCUT2D eigenvalue weighted by atomic mass is 10.1. The van der Waals surface area contributed by atoms with Crippen LogP contribution in [0, 0.1) is 11.6 Å². The largest absolute Gasteiger partial charge is 0.378 e. The molecule has 0 aliphatic carbocycles. The Kier molecular flexibility index (Phi) is 11.4. The highest BCUT2D eigenvalue weighted by Crippen LogP contribution is 2.11. The quantitative estimate of drug-likeness (QED) is 0.300. The molecule has 0 unspecified atom stereocenters. The molecule has 1 aromatic rings. The van der Waals surface area contributed by atoms with Crippen LogP contribution in [-0.4, -0.2) is 81.8 Å². The normalized spacial score (nSPS) is 15.9. The SMILES string of the molecule is CN=C(NCCc1cc(F)ccc1F)N1CCN(S(=O)(=O)CCOC(C)C)CC1.I. The molecule has 1 heterocycles. The molecular formula is C19H31F2IN4O3S. The smallest absolute Gasteiger partial charge is 0.216 e. The van der Waals surface area contributed by atoms with E-state index in [2.05, 4.69) is 10.3 Å². The molecule has 1 saturated heterocycles. The Balaban J connectivity index is 0.00000450. The van der Waals surface area contributed by atoms with Gasteiger partial charge in [-0.2, -0.15) is 4.31 Å². The summed E-state index contributed by atoms with van der Waals surface area (Å²) in [5.74, 6) is -0.329. The number of hydrogen-bond donors (Lipinski definition) is 1. The molecule has 0 amide bonds. The minimum atomic E-state index is -3.35. The molecule has 1 fully saturated rings. The summed E-state index contributed by atoms with van der Waals surface area (Å²) >= 11 is 0.